The summed E-state index contributed by atoms with van der Waals surface area (Å²) < 4.78 is 5.43. The van der Waals surface area contributed by atoms with Gasteiger partial charge in [-0.15, -0.1) is 11.3 Å². The van der Waals surface area contributed by atoms with Crippen molar-refractivity contribution in [3.05, 3.63) is 22.4 Å². The van der Waals surface area contributed by atoms with Crippen molar-refractivity contribution in [2.24, 2.45) is 0 Å². The zero-order valence-corrected chi connectivity index (χ0v) is 10.1. The molecule has 1 aromatic rings. The van der Waals surface area contributed by atoms with E-state index >= 15 is 0 Å². The first-order chi connectivity index (χ1) is 7.79. The molecule has 2 heterocycles. The fraction of sp³-hybridized carbons (Fsp3) is 0.545. The van der Waals surface area contributed by atoms with Gasteiger partial charge in [0.1, 0.15) is 6.10 Å². The molecular weight excluding hydrogens is 224 g/mol. The monoisotopic (exact) mass is 240 g/mol. The molecule has 1 N–H and O–H groups in total. The summed E-state index contributed by atoms with van der Waals surface area (Å²) in [6.07, 6.45) is -0.321. The molecule has 0 aromatic carbocycles. The lowest BCUT2D eigenvalue weighted by Gasteiger charge is -2.31. The number of carbonyl (C=O) groups is 1. The van der Waals surface area contributed by atoms with E-state index in [0.29, 0.717) is 13.2 Å². The first-order valence-electron chi connectivity index (χ1n) is 5.37. The lowest BCUT2D eigenvalue weighted by molar-refractivity contribution is -0.138. The maximum absolute atomic E-state index is 11.5. The predicted octanol–water partition coefficient (Wildman–Crippen LogP) is 0.695. The highest BCUT2D eigenvalue weighted by Gasteiger charge is 2.25. The third-order valence-electron chi connectivity index (χ3n) is 2.65. The van der Waals surface area contributed by atoms with Crippen molar-refractivity contribution in [3.8, 4) is 0 Å². The second-order valence-electron chi connectivity index (χ2n) is 3.79. The van der Waals surface area contributed by atoms with E-state index in [1.54, 1.807) is 18.4 Å². The lowest BCUT2D eigenvalue weighted by Crippen LogP contribution is -2.48. The molecule has 2 rings (SSSR count). The Kier molecular flexibility index (Phi) is 3.93. The Morgan fingerprint density at radius 2 is 2.62 bits per heavy atom. The maximum atomic E-state index is 11.5. The molecule has 0 unspecified atom stereocenters. The Morgan fingerprint density at radius 3 is 3.31 bits per heavy atom. The molecule has 0 radical (unpaired) electrons. The lowest BCUT2D eigenvalue weighted by atomic mass is 10.2. The maximum Gasteiger partial charge on any atom is 0.250 e. The van der Waals surface area contributed by atoms with Gasteiger partial charge in [0.25, 0.3) is 0 Å². The molecule has 0 aliphatic carbocycles. The molecule has 88 valence electrons. The van der Waals surface area contributed by atoms with E-state index in [1.807, 2.05) is 0 Å². The van der Waals surface area contributed by atoms with Gasteiger partial charge in [-0.2, -0.15) is 0 Å². The van der Waals surface area contributed by atoms with Crippen LogP contribution in [0.4, 0.5) is 0 Å². The zero-order valence-electron chi connectivity index (χ0n) is 9.31. The number of nitrogens with one attached hydrogen (secondary N) is 1. The Bertz CT molecular complexity index is 340. The molecule has 5 heteroatoms. The van der Waals surface area contributed by atoms with Crippen LogP contribution in [0.15, 0.2) is 17.5 Å². The van der Waals surface area contributed by atoms with Gasteiger partial charge in [0.2, 0.25) is 5.91 Å². The number of hydrogen-bond donors (Lipinski definition) is 1. The average Bonchev–Trinajstić information content (AvgIpc) is 2.81. The zero-order chi connectivity index (χ0) is 11.4. The van der Waals surface area contributed by atoms with Crippen molar-refractivity contribution >= 4 is 17.2 Å². The van der Waals surface area contributed by atoms with Crippen LogP contribution in [0.2, 0.25) is 0 Å². The van der Waals surface area contributed by atoms with Gasteiger partial charge in [-0.3, -0.25) is 9.69 Å². The summed E-state index contributed by atoms with van der Waals surface area (Å²) in [4.78, 5) is 15.0. The number of hydrogen-bond acceptors (Lipinski definition) is 4. The van der Waals surface area contributed by atoms with Crippen molar-refractivity contribution in [2.75, 3.05) is 26.7 Å². The van der Waals surface area contributed by atoms with E-state index in [0.717, 1.165) is 13.1 Å². The Morgan fingerprint density at radius 1 is 1.75 bits per heavy atom. The highest BCUT2D eigenvalue weighted by Crippen LogP contribution is 2.14. The van der Waals surface area contributed by atoms with Crippen LogP contribution >= 0.6 is 11.3 Å². The summed E-state index contributed by atoms with van der Waals surface area (Å²) in [5.41, 5.74) is 0. The average molecular weight is 240 g/mol. The fourth-order valence-electron chi connectivity index (χ4n) is 1.79. The third kappa shape index (κ3) is 2.81. The number of morpholine rings is 1. The normalized spacial score (nSPS) is 21.9. The topological polar surface area (TPSA) is 41.6 Å². The third-order valence-corrected chi connectivity index (χ3v) is 3.51. The second kappa shape index (κ2) is 5.43. The van der Waals surface area contributed by atoms with Crippen LogP contribution in [0.1, 0.15) is 4.88 Å². The largest absolute Gasteiger partial charge is 0.366 e. The van der Waals surface area contributed by atoms with Gasteiger partial charge in [-0.1, -0.05) is 6.07 Å². The molecule has 1 amide bonds. The summed E-state index contributed by atoms with van der Waals surface area (Å²) >= 11 is 1.75. The van der Waals surface area contributed by atoms with Gasteiger partial charge in [0.05, 0.1) is 6.61 Å². The number of carbonyl (C=O) groups excluding carboxylic acids is 1. The summed E-state index contributed by atoms with van der Waals surface area (Å²) in [5, 5.41) is 4.70. The fourth-order valence-corrected chi connectivity index (χ4v) is 2.53. The summed E-state index contributed by atoms with van der Waals surface area (Å²) in [5.74, 6) is -0.0316. The first-order valence-corrected chi connectivity index (χ1v) is 6.25. The Hall–Kier alpha value is -0.910. The van der Waals surface area contributed by atoms with Gasteiger partial charge in [0, 0.05) is 31.6 Å². The number of likely N-dealkylation sites (N-methyl/N-ethyl adjacent to an activating group) is 1. The summed E-state index contributed by atoms with van der Waals surface area (Å²) in [7, 11) is 1.64. The van der Waals surface area contributed by atoms with E-state index < -0.39 is 0 Å². The number of ether oxygens (including phenoxy) is 1. The van der Waals surface area contributed by atoms with E-state index in [-0.39, 0.29) is 12.0 Å². The van der Waals surface area contributed by atoms with E-state index in [2.05, 4.69) is 27.7 Å². The summed E-state index contributed by atoms with van der Waals surface area (Å²) in [6, 6.07) is 4.17. The number of thiophene rings is 1. The molecule has 1 aromatic heterocycles. The molecule has 1 fully saturated rings. The minimum Gasteiger partial charge on any atom is -0.366 e. The van der Waals surface area contributed by atoms with Gasteiger partial charge in [-0.25, -0.2) is 0 Å². The van der Waals surface area contributed by atoms with E-state index in [9.17, 15) is 4.79 Å². The smallest absolute Gasteiger partial charge is 0.250 e. The number of rotatable bonds is 3. The summed E-state index contributed by atoms with van der Waals surface area (Å²) in [6.45, 7) is 3.11. The second-order valence-corrected chi connectivity index (χ2v) is 4.82. The van der Waals surface area contributed by atoms with Crippen molar-refractivity contribution in [2.45, 2.75) is 12.6 Å². The molecule has 4 nitrogen and oxygen atoms in total. The molecule has 1 saturated heterocycles. The molecule has 0 spiro atoms. The van der Waals surface area contributed by atoms with Crippen molar-refractivity contribution in [3.63, 3.8) is 0 Å². The highest BCUT2D eigenvalue weighted by molar-refractivity contribution is 7.09. The van der Waals surface area contributed by atoms with E-state index in [1.165, 1.54) is 4.88 Å². The minimum absolute atomic E-state index is 0.0316. The molecular formula is C11H16N2O2S. The number of nitrogens with zero attached hydrogens (tertiary/aromatic N) is 1. The number of amides is 1. The van der Waals surface area contributed by atoms with Crippen LogP contribution in [0.5, 0.6) is 0 Å². The minimum atomic E-state index is -0.321. The standard InChI is InChI=1S/C11H16N2O2S/c1-12-11(14)10-8-13(4-5-15-10)7-9-3-2-6-16-9/h2-3,6,10H,4-5,7-8H2,1H3,(H,12,14)/t10-/m1/s1. The van der Waals surface area contributed by atoms with Crippen molar-refractivity contribution in [1.82, 2.24) is 10.2 Å². The quantitative estimate of drug-likeness (QED) is 0.845. The van der Waals surface area contributed by atoms with Gasteiger partial charge >= 0.3 is 0 Å². The van der Waals surface area contributed by atoms with Crippen LogP contribution in [0, 0.1) is 0 Å². The molecule has 16 heavy (non-hydrogen) atoms. The van der Waals surface area contributed by atoms with Crippen LogP contribution in [-0.2, 0) is 16.1 Å². The van der Waals surface area contributed by atoms with Crippen LogP contribution < -0.4 is 5.32 Å². The molecule has 1 atom stereocenters. The predicted molar refractivity (Wildman–Crippen MR) is 63.4 cm³/mol. The van der Waals surface area contributed by atoms with Crippen LogP contribution in [0.25, 0.3) is 0 Å². The van der Waals surface area contributed by atoms with E-state index in [4.69, 9.17) is 4.74 Å². The Labute approximate surface area is 99.2 Å². The van der Waals surface area contributed by atoms with Crippen molar-refractivity contribution in [1.29, 1.82) is 0 Å². The Balaban J connectivity index is 1.89. The molecule has 0 saturated carbocycles. The van der Waals surface area contributed by atoms with Crippen molar-refractivity contribution < 1.29 is 9.53 Å². The molecule has 0 bridgehead atoms. The van der Waals surface area contributed by atoms with Gasteiger partial charge in [-0.05, 0) is 11.4 Å². The molecule has 1 aliphatic rings. The SMILES string of the molecule is CNC(=O)[C@H]1CN(Cc2cccs2)CCO1. The van der Waals surface area contributed by atoms with Gasteiger partial charge in [0.15, 0.2) is 0 Å². The highest BCUT2D eigenvalue weighted by atomic mass is 32.1. The molecule has 1 aliphatic heterocycles. The first kappa shape index (κ1) is 11.6. The van der Waals surface area contributed by atoms with Crippen LogP contribution in [-0.4, -0.2) is 43.7 Å². The van der Waals surface area contributed by atoms with Crippen LogP contribution in [0.3, 0.4) is 0 Å². The van der Waals surface area contributed by atoms with Gasteiger partial charge < -0.3 is 10.1 Å².